The molecule has 2 aromatic rings. The van der Waals surface area contributed by atoms with E-state index < -0.39 is 15.7 Å². The van der Waals surface area contributed by atoms with E-state index in [4.69, 9.17) is 4.74 Å². The number of amides is 1. The van der Waals surface area contributed by atoms with E-state index in [1.807, 2.05) is 0 Å². The Bertz CT molecular complexity index is 938. The molecule has 1 fully saturated rings. The van der Waals surface area contributed by atoms with Gasteiger partial charge in [0.1, 0.15) is 12.3 Å². The van der Waals surface area contributed by atoms with Crippen LogP contribution in [0.5, 0.6) is 5.75 Å². The van der Waals surface area contributed by atoms with Crippen LogP contribution in [-0.2, 0) is 21.4 Å². The molecule has 9 heteroatoms. The van der Waals surface area contributed by atoms with Gasteiger partial charge < -0.3 is 10.1 Å². The summed E-state index contributed by atoms with van der Waals surface area (Å²) in [5, 5.41) is 2.88. The molecule has 1 aliphatic carbocycles. The number of nitrogens with zero attached hydrogens (tertiary/aromatic N) is 2. The lowest BCUT2D eigenvalue weighted by Crippen LogP contribution is -2.38. The number of ether oxygens (including phenoxy) is 1. The van der Waals surface area contributed by atoms with E-state index in [1.54, 1.807) is 0 Å². The second-order valence-corrected chi connectivity index (χ2v) is 8.05. The first-order valence-corrected chi connectivity index (χ1v) is 9.82. The monoisotopic (exact) mass is 379 g/mol. The molecule has 0 aliphatic heterocycles. The SMILES string of the molecule is COc1ccc(S(=O)(=O)n2ccn(CC(=O)NC3CCCC3)c2=O)cc1. The van der Waals surface area contributed by atoms with Gasteiger partial charge in [0, 0.05) is 18.4 Å². The minimum Gasteiger partial charge on any atom is -0.497 e. The highest BCUT2D eigenvalue weighted by atomic mass is 32.2. The molecule has 1 aromatic carbocycles. The van der Waals surface area contributed by atoms with Gasteiger partial charge in [0.05, 0.1) is 12.0 Å². The van der Waals surface area contributed by atoms with Crippen molar-refractivity contribution in [3.63, 3.8) is 0 Å². The van der Waals surface area contributed by atoms with E-state index in [0.717, 1.165) is 36.4 Å². The van der Waals surface area contributed by atoms with Crippen molar-refractivity contribution in [3.8, 4) is 5.75 Å². The van der Waals surface area contributed by atoms with Gasteiger partial charge in [-0.25, -0.2) is 13.2 Å². The maximum absolute atomic E-state index is 12.6. The number of methoxy groups -OCH3 is 1. The molecule has 140 valence electrons. The third kappa shape index (κ3) is 3.67. The lowest BCUT2D eigenvalue weighted by molar-refractivity contribution is -0.122. The van der Waals surface area contributed by atoms with Gasteiger partial charge in [0.2, 0.25) is 5.91 Å². The number of rotatable bonds is 6. The molecule has 1 saturated carbocycles. The summed E-state index contributed by atoms with van der Waals surface area (Å²) in [6.45, 7) is -0.208. The molecule has 1 amide bonds. The first-order valence-electron chi connectivity index (χ1n) is 8.38. The number of hydrogen-bond acceptors (Lipinski definition) is 5. The Morgan fingerprint density at radius 2 is 1.85 bits per heavy atom. The van der Waals surface area contributed by atoms with Gasteiger partial charge in [0.15, 0.2) is 0 Å². The molecule has 0 spiro atoms. The van der Waals surface area contributed by atoms with Gasteiger partial charge in [-0.05, 0) is 37.1 Å². The lowest BCUT2D eigenvalue weighted by Gasteiger charge is -2.11. The van der Waals surface area contributed by atoms with Crippen molar-refractivity contribution in [2.75, 3.05) is 7.11 Å². The summed E-state index contributed by atoms with van der Waals surface area (Å²) >= 11 is 0. The second kappa shape index (κ2) is 7.36. The molecular weight excluding hydrogens is 358 g/mol. The van der Waals surface area contributed by atoms with E-state index in [1.165, 1.54) is 37.6 Å². The fraction of sp³-hybridized carbons (Fsp3) is 0.412. The van der Waals surface area contributed by atoms with Crippen LogP contribution in [0.4, 0.5) is 0 Å². The molecule has 0 saturated heterocycles. The highest BCUT2D eigenvalue weighted by Gasteiger charge is 2.22. The van der Waals surface area contributed by atoms with Crippen molar-refractivity contribution in [1.82, 2.24) is 13.9 Å². The van der Waals surface area contributed by atoms with Gasteiger partial charge in [-0.1, -0.05) is 12.8 Å². The molecule has 1 N–H and O–H groups in total. The maximum atomic E-state index is 12.6. The molecule has 8 nitrogen and oxygen atoms in total. The van der Waals surface area contributed by atoms with Crippen molar-refractivity contribution < 1.29 is 17.9 Å². The van der Waals surface area contributed by atoms with Crippen LogP contribution < -0.4 is 15.7 Å². The third-order valence-corrected chi connectivity index (χ3v) is 6.13. The summed E-state index contributed by atoms with van der Waals surface area (Å²) in [7, 11) is -2.56. The van der Waals surface area contributed by atoms with Crippen molar-refractivity contribution in [1.29, 1.82) is 0 Å². The molecule has 1 heterocycles. The summed E-state index contributed by atoms with van der Waals surface area (Å²) in [4.78, 5) is 24.5. The molecule has 3 rings (SSSR count). The van der Waals surface area contributed by atoms with Crippen molar-refractivity contribution >= 4 is 15.9 Å². The van der Waals surface area contributed by atoms with Crippen LogP contribution in [0.3, 0.4) is 0 Å². The van der Waals surface area contributed by atoms with E-state index in [-0.39, 0.29) is 23.4 Å². The van der Waals surface area contributed by atoms with E-state index in [0.29, 0.717) is 9.72 Å². The summed E-state index contributed by atoms with van der Waals surface area (Å²) in [6.07, 6.45) is 6.51. The molecule has 0 radical (unpaired) electrons. The molecule has 0 atom stereocenters. The van der Waals surface area contributed by atoms with E-state index >= 15 is 0 Å². The van der Waals surface area contributed by atoms with Gasteiger partial charge in [0.25, 0.3) is 10.0 Å². The number of aromatic nitrogens is 2. The summed E-state index contributed by atoms with van der Waals surface area (Å²) in [5.41, 5.74) is -0.776. The lowest BCUT2D eigenvalue weighted by atomic mass is 10.2. The zero-order valence-corrected chi connectivity index (χ0v) is 15.2. The normalized spacial score (nSPS) is 15.1. The minimum absolute atomic E-state index is 0.0337. The minimum atomic E-state index is -4.04. The Balaban J connectivity index is 1.78. The van der Waals surface area contributed by atoms with Crippen LogP contribution in [0, 0.1) is 0 Å². The van der Waals surface area contributed by atoms with Gasteiger partial charge in [-0.15, -0.1) is 0 Å². The molecule has 1 aromatic heterocycles. The number of nitrogens with one attached hydrogen (secondary N) is 1. The fourth-order valence-corrected chi connectivity index (χ4v) is 4.29. The van der Waals surface area contributed by atoms with Gasteiger partial charge in [-0.2, -0.15) is 3.97 Å². The first kappa shape index (κ1) is 18.2. The maximum Gasteiger partial charge on any atom is 0.342 e. The van der Waals surface area contributed by atoms with Crippen LogP contribution in [0.2, 0.25) is 0 Å². The van der Waals surface area contributed by atoms with E-state index in [2.05, 4.69) is 5.32 Å². The zero-order chi connectivity index (χ0) is 18.7. The molecule has 1 aliphatic rings. The largest absolute Gasteiger partial charge is 0.497 e. The van der Waals surface area contributed by atoms with Crippen LogP contribution in [0.25, 0.3) is 0 Å². The standard InChI is InChI=1S/C17H21N3O5S/c1-25-14-6-8-15(9-7-14)26(23,24)20-11-10-19(17(20)22)12-16(21)18-13-4-2-3-5-13/h6-11,13H,2-5,12H2,1H3,(H,18,21). The van der Waals surface area contributed by atoms with Crippen LogP contribution in [-0.4, -0.2) is 36.0 Å². The average molecular weight is 379 g/mol. The quantitative estimate of drug-likeness (QED) is 0.806. The smallest absolute Gasteiger partial charge is 0.342 e. The Morgan fingerprint density at radius 3 is 2.46 bits per heavy atom. The Hall–Kier alpha value is -2.55. The molecule has 26 heavy (non-hydrogen) atoms. The predicted octanol–water partition coefficient (Wildman–Crippen LogP) is 0.954. The Labute approximate surface area is 151 Å². The third-order valence-electron chi connectivity index (χ3n) is 4.47. The number of hydrogen-bond donors (Lipinski definition) is 1. The number of benzene rings is 1. The van der Waals surface area contributed by atoms with Crippen LogP contribution in [0.15, 0.2) is 46.3 Å². The van der Waals surface area contributed by atoms with Gasteiger partial charge in [-0.3, -0.25) is 9.36 Å². The summed E-state index contributed by atoms with van der Waals surface area (Å²) < 4.78 is 32.0. The highest BCUT2D eigenvalue weighted by molar-refractivity contribution is 7.90. The summed E-state index contributed by atoms with van der Waals surface area (Å²) in [6, 6.07) is 5.88. The highest BCUT2D eigenvalue weighted by Crippen LogP contribution is 2.18. The Morgan fingerprint density at radius 1 is 1.19 bits per heavy atom. The number of carbonyl (C=O) groups is 1. The van der Waals surface area contributed by atoms with Crippen molar-refractivity contribution in [2.24, 2.45) is 0 Å². The van der Waals surface area contributed by atoms with Crippen LogP contribution >= 0.6 is 0 Å². The topological polar surface area (TPSA) is 99.4 Å². The first-order chi connectivity index (χ1) is 12.4. The van der Waals surface area contributed by atoms with Crippen molar-refractivity contribution in [3.05, 3.63) is 47.1 Å². The molecule has 0 unspecified atom stereocenters. The number of carbonyl (C=O) groups excluding carboxylic acids is 1. The molecule has 0 bridgehead atoms. The summed E-state index contributed by atoms with van der Waals surface area (Å²) in [5.74, 6) is 0.219. The zero-order valence-electron chi connectivity index (χ0n) is 14.4. The molecular formula is C17H21N3O5S. The number of imidazole rings is 1. The average Bonchev–Trinajstić information content (AvgIpc) is 3.25. The van der Waals surface area contributed by atoms with E-state index in [9.17, 15) is 18.0 Å². The predicted molar refractivity (Wildman–Crippen MR) is 94.7 cm³/mol. The fourth-order valence-electron chi connectivity index (χ4n) is 3.06. The Kier molecular flexibility index (Phi) is 5.17. The van der Waals surface area contributed by atoms with Crippen molar-refractivity contribution in [2.45, 2.75) is 43.2 Å². The second-order valence-electron chi connectivity index (χ2n) is 6.23. The van der Waals surface area contributed by atoms with Crippen LogP contribution in [0.1, 0.15) is 25.7 Å². The van der Waals surface area contributed by atoms with Gasteiger partial charge >= 0.3 is 5.69 Å².